The molecule has 1 heterocycles. The molecule has 0 saturated carbocycles. The molecule has 1 rings (SSSR count). The molecule has 0 aliphatic carbocycles. The molecule has 1 amide bonds. The van der Waals surface area contributed by atoms with Crippen molar-refractivity contribution < 1.29 is 19.4 Å². The Balaban J connectivity index is 2.09. The summed E-state index contributed by atoms with van der Waals surface area (Å²) in [4.78, 5) is 22.1. The molecule has 2 N–H and O–H groups in total. The van der Waals surface area contributed by atoms with Crippen molar-refractivity contribution in [2.24, 2.45) is 5.92 Å². The third kappa shape index (κ3) is 5.49. The van der Waals surface area contributed by atoms with Crippen molar-refractivity contribution in [1.29, 1.82) is 0 Å². The summed E-state index contributed by atoms with van der Waals surface area (Å²) >= 11 is 0. The second-order valence-corrected chi connectivity index (χ2v) is 5.13. The first-order chi connectivity index (χ1) is 8.49. The van der Waals surface area contributed by atoms with Gasteiger partial charge in [-0.1, -0.05) is 6.92 Å². The Hall–Kier alpha value is -1.10. The SMILES string of the molecule is CC(CCNC(=O)C1CCC(C)O1)CCC(=O)O. The van der Waals surface area contributed by atoms with Gasteiger partial charge in [0.1, 0.15) is 6.10 Å². The van der Waals surface area contributed by atoms with E-state index in [4.69, 9.17) is 9.84 Å². The summed E-state index contributed by atoms with van der Waals surface area (Å²) in [6.45, 7) is 4.57. The van der Waals surface area contributed by atoms with Crippen LogP contribution < -0.4 is 5.32 Å². The largest absolute Gasteiger partial charge is 0.481 e. The number of nitrogens with one attached hydrogen (secondary N) is 1. The molecule has 3 atom stereocenters. The summed E-state index contributed by atoms with van der Waals surface area (Å²) < 4.78 is 5.47. The molecule has 0 radical (unpaired) electrons. The van der Waals surface area contributed by atoms with E-state index in [0.29, 0.717) is 18.9 Å². The Bertz CT molecular complexity index is 293. The zero-order chi connectivity index (χ0) is 13.5. The van der Waals surface area contributed by atoms with Gasteiger partial charge >= 0.3 is 5.97 Å². The van der Waals surface area contributed by atoms with Gasteiger partial charge in [0.25, 0.3) is 0 Å². The van der Waals surface area contributed by atoms with Gasteiger partial charge < -0.3 is 15.2 Å². The van der Waals surface area contributed by atoms with Crippen LogP contribution >= 0.6 is 0 Å². The van der Waals surface area contributed by atoms with Crippen LogP contribution in [0.1, 0.15) is 46.0 Å². The number of hydrogen-bond donors (Lipinski definition) is 2. The van der Waals surface area contributed by atoms with Crippen LogP contribution in [0.15, 0.2) is 0 Å². The van der Waals surface area contributed by atoms with Crippen molar-refractivity contribution in [3.63, 3.8) is 0 Å². The normalized spacial score (nSPS) is 24.8. The minimum absolute atomic E-state index is 0.0372. The molecular weight excluding hydrogens is 234 g/mol. The van der Waals surface area contributed by atoms with E-state index in [1.54, 1.807) is 0 Å². The number of carboxylic acids is 1. The summed E-state index contributed by atoms with van der Waals surface area (Å²) in [7, 11) is 0. The van der Waals surface area contributed by atoms with Crippen LogP contribution in [0.4, 0.5) is 0 Å². The van der Waals surface area contributed by atoms with Gasteiger partial charge in [0.05, 0.1) is 6.10 Å². The predicted molar refractivity (Wildman–Crippen MR) is 67.2 cm³/mol. The van der Waals surface area contributed by atoms with Crippen LogP contribution in [-0.4, -0.2) is 35.7 Å². The number of hydrogen-bond acceptors (Lipinski definition) is 3. The van der Waals surface area contributed by atoms with Crippen molar-refractivity contribution in [2.75, 3.05) is 6.54 Å². The standard InChI is InChI=1S/C13H23NO4/c1-9(3-6-12(15)16)7-8-14-13(17)11-5-4-10(2)18-11/h9-11H,3-8H2,1-2H3,(H,14,17)(H,15,16). The Morgan fingerprint density at radius 3 is 2.67 bits per heavy atom. The highest BCUT2D eigenvalue weighted by atomic mass is 16.5. The van der Waals surface area contributed by atoms with Crippen LogP contribution in [0, 0.1) is 5.92 Å². The lowest BCUT2D eigenvalue weighted by Gasteiger charge is -2.14. The minimum Gasteiger partial charge on any atom is -0.481 e. The predicted octanol–water partition coefficient (Wildman–Crippen LogP) is 1.56. The van der Waals surface area contributed by atoms with Gasteiger partial charge in [0, 0.05) is 13.0 Å². The zero-order valence-corrected chi connectivity index (χ0v) is 11.1. The molecule has 5 nitrogen and oxygen atoms in total. The summed E-state index contributed by atoms with van der Waals surface area (Å²) in [5.41, 5.74) is 0. The smallest absolute Gasteiger partial charge is 0.303 e. The zero-order valence-electron chi connectivity index (χ0n) is 11.1. The van der Waals surface area contributed by atoms with E-state index < -0.39 is 5.97 Å². The van der Waals surface area contributed by atoms with Gasteiger partial charge in [-0.15, -0.1) is 0 Å². The molecule has 1 fully saturated rings. The van der Waals surface area contributed by atoms with E-state index in [1.807, 2.05) is 13.8 Å². The van der Waals surface area contributed by atoms with Crippen molar-refractivity contribution in [3.8, 4) is 0 Å². The third-order valence-electron chi connectivity index (χ3n) is 3.31. The fourth-order valence-corrected chi connectivity index (χ4v) is 2.07. The number of aliphatic carboxylic acids is 1. The third-order valence-corrected chi connectivity index (χ3v) is 3.31. The highest BCUT2D eigenvalue weighted by Crippen LogP contribution is 2.19. The number of carbonyl (C=O) groups excluding carboxylic acids is 1. The molecule has 1 aliphatic heterocycles. The maximum atomic E-state index is 11.7. The molecule has 0 aromatic carbocycles. The fourth-order valence-electron chi connectivity index (χ4n) is 2.07. The first kappa shape index (κ1) is 15.0. The monoisotopic (exact) mass is 257 g/mol. The van der Waals surface area contributed by atoms with E-state index in [9.17, 15) is 9.59 Å². The summed E-state index contributed by atoms with van der Waals surface area (Å²) in [5, 5.41) is 11.4. The molecule has 1 aliphatic rings. The molecular formula is C13H23NO4. The Labute approximate surface area is 108 Å². The first-order valence-corrected chi connectivity index (χ1v) is 6.64. The van der Waals surface area contributed by atoms with Crippen LogP contribution in [0.3, 0.4) is 0 Å². The lowest BCUT2D eigenvalue weighted by atomic mass is 10.0. The Morgan fingerprint density at radius 1 is 1.39 bits per heavy atom. The molecule has 104 valence electrons. The number of amides is 1. The first-order valence-electron chi connectivity index (χ1n) is 6.64. The van der Waals surface area contributed by atoms with Crippen LogP contribution in [0.5, 0.6) is 0 Å². The second-order valence-electron chi connectivity index (χ2n) is 5.13. The molecule has 0 aromatic rings. The summed E-state index contributed by atoms with van der Waals surface area (Å²) in [5.74, 6) is -0.492. The highest BCUT2D eigenvalue weighted by molar-refractivity contribution is 5.80. The molecule has 5 heteroatoms. The summed E-state index contributed by atoms with van der Waals surface area (Å²) in [6, 6.07) is 0. The van der Waals surface area contributed by atoms with Gasteiger partial charge in [-0.25, -0.2) is 0 Å². The molecule has 18 heavy (non-hydrogen) atoms. The Kier molecular flexibility index (Phi) is 6.12. The lowest BCUT2D eigenvalue weighted by molar-refractivity contribution is -0.137. The van der Waals surface area contributed by atoms with Gasteiger partial charge in [-0.2, -0.15) is 0 Å². The van der Waals surface area contributed by atoms with Crippen LogP contribution in [-0.2, 0) is 14.3 Å². The number of rotatable bonds is 7. The van der Waals surface area contributed by atoms with Gasteiger partial charge in [0.15, 0.2) is 0 Å². The van der Waals surface area contributed by atoms with Crippen molar-refractivity contribution >= 4 is 11.9 Å². The van der Waals surface area contributed by atoms with Gasteiger partial charge in [-0.3, -0.25) is 9.59 Å². The van der Waals surface area contributed by atoms with Crippen LogP contribution in [0.2, 0.25) is 0 Å². The minimum atomic E-state index is -0.765. The lowest BCUT2D eigenvalue weighted by Crippen LogP contribution is -2.35. The summed E-state index contributed by atoms with van der Waals surface area (Å²) in [6.07, 6.45) is 3.26. The maximum Gasteiger partial charge on any atom is 0.303 e. The molecule has 0 aromatic heterocycles. The van der Waals surface area contributed by atoms with E-state index in [1.165, 1.54) is 0 Å². The van der Waals surface area contributed by atoms with Crippen molar-refractivity contribution in [3.05, 3.63) is 0 Å². The molecule has 1 saturated heterocycles. The van der Waals surface area contributed by atoms with Gasteiger partial charge in [-0.05, 0) is 38.5 Å². The number of carboxylic acid groups (broad SMARTS) is 1. The van der Waals surface area contributed by atoms with Crippen molar-refractivity contribution in [1.82, 2.24) is 5.32 Å². The number of carbonyl (C=O) groups is 2. The van der Waals surface area contributed by atoms with E-state index in [2.05, 4.69) is 5.32 Å². The van der Waals surface area contributed by atoms with Crippen LogP contribution in [0.25, 0.3) is 0 Å². The number of ether oxygens (including phenoxy) is 1. The Morgan fingerprint density at radius 2 is 2.11 bits per heavy atom. The topological polar surface area (TPSA) is 75.6 Å². The quantitative estimate of drug-likeness (QED) is 0.725. The second kappa shape index (κ2) is 7.36. The highest BCUT2D eigenvalue weighted by Gasteiger charge is 2.27. The van der Waals surface area contributed by atoms with E-state index >= 15 is 0 Å². The molecule has 3 unspecified atom stereocenters. The van der Waals surface area contributed by atoms with E-state index in [0.717, 1.165) is 19.3 Å². The van der Waals surface area contributed by atoms with Crippen molar-refractivity contribution in [2.45, 2.75) is 58.2 Å². The van der Waals surface area contributed by atoms with Gasteiger partial charge in [0.2, 0.25) is 5.91 Å². The maximum absolute atomic E-state index is 11.7. The molecule has 0 spiro atoms. The fraction of sp³-hybridized carbons (Fsp3) is 0.846. The molecule has 0 bridgehead atoms. The van der Waals surface area contributed by atoms with E-state index in [-0.39, 0.29) is 24.5 Å². The average Bonchev–Trinajstić information content (AvgIpc) is 2.73. The average molecular weight is 257 g/mol.